The molecule has 2 aromatic carbocycles. The number of halogens is 1. The molecular weight excluding hydrogens is 528 g/mol. The molecule has 0 bridgehead atoms. The smallest absolute Gasteiger partial charge is 0.322 e. The number of anilines is 1. The zero-order valence-electron chi connectivity index (χ0n) is 22.5. The maximum absolute atomic E-state index is 13.5. The van der Waals surface area contributed by atoms with Gasteiger partial charge in [0.15, 0.2) is 17.4 Å². The number of methoxy groups -OCH3 is 1. The van der Waals surface area contributed by atoms with E-state index in [4.69, 9.17) is 26.4 Å². The first-order valence-electron chi connectivity index (χ1n) is 13.3. The molecule has 0 radical (unpaired) electrons. The van der Waals surface area contributed by atoms with Crippen molar-refractivity contribution in [3.63, 3.8) is 0 Å². The van der Waals surface area contributed by atoms with Gasteiger partial charge >= 0.3 is 6.03 Å². The Kier molecular flexibility index (Phi) is 8.40. The second kappa shape index (κ2) is 12.3. The summed E-state index contributed by atoms with van der Waals surface area (Å²) in [6.07, 6.45) is 7.46. The van der Waals surface area contributed by atoms with E-state index < -0.39 is 0 Å². The summed E-state index contributed by atoms with van der Waals surface area (Å²) in [5, 5.41) is 8.28. The van der Waals surface area contributed by atoms with Gasteiger partial charge in [-0.15, -0.1) is 0 Å². The second-order valence-electron chi connectivity index (χ2n) is 9.77. The fourth-order valence-corrected chi connectivity index (χ4v) is 5.28. The predicted molar refractivity (Wildman–Crippen MR) is 155 cm³/mol. The fourth-order valence-electron chi connectivity index (χ4n) is 5.02. The first-order chi connectivity index (χ1) is 19.4. The summed E-state index contributed by atoms with van der Waals surface area (Å²) < 4.78 is 7.14. The summed E-state index contributed by atoms with van der Waals surface area (Å²) in [5.74, 6) is 1.72. The van der Waals surface area contributed by atoms with Crippen LogP contribution >= 0.6 is 11.6 Å². The Hall–Kier alpha value is -4.24. The Morgan fingerprint density at radius 3 is 2.55 bits per heavy atom. The predicted octanol–water partition coefficient (Wildman–Crippen LogP) is 6.35. The molecule has 9 nitrogen and oxygen atoms in total. The molecule has 1 aliphatic carbocycles. The van der Waals surface area contributed by atoms with Gasteiger partial charge in [-0.3, -0.25) is 9.78 Å². The van der Waals surface area contributed by atoms with Crippen LogP contribution in [0.1, 0.15) is 43.0 Å². The minimum Gasteiger partial charge on any atom is -0.495 e. The quantitative estimate of drug-likeness (QED) is 0.240. The standard InChI is InChI=1S/C30H31ClN6O3/c1-20(38)22-6-5-7-24(18-22)33-30(39)36(25-8-3-4-9-25)16-17-37-29(23-10-11-27(40-2)26(31)19-23)34-28(35-37)21-12-14-32-15-13-21/h5-7,10-15,18-19,25H,3-4,8-9,16-17H2,1-2H3,(H,33,39). The third-order valence-corrected chi connectivity index (χ3v) is 7.42. The van der Waals surface area contributed by atoms with Crippen molar-refractivity contribution in [1.29, 1.82) is 0 Å². The van der Waals surface area contributed by atoms with E-state index in [-0.39, 0.29) is 17.9 Å². The van der Waals surface area contributed by atoms with E-state index in [1.54, 1.807) is 55.9 Å². The monoisotopic (exact) mass is 558 g/mol. The molecule has 1 fully saturated rings. The van der Waals surface area contributed by atoms with Gasteiger partial charge in [-0.05, 0) is 62.2 Å². The maximum atomic E-state index is 13.5. The number of ether oxygens (including phenoxy) is 1. The summed E-state index contributed by atoms with van der Waals surface area (Å²) >= 11 is 6.45. The van der Waals surface area contributed by atoms with Gasteiger partial charge in [0.2, 0.25) is 0 Å². The highest BCUT2D eigenvalue weighted by atomic mass is 35.5. The number of nitrogens with one attached hydrogen (secondary N) is 1. The lowest BCUT2D eigenvalue weighted by molar-refractivity contribution is 0.101. The molecule has 4 aromatic rings. The number of benzene rings is 2. The van der Waals surface area contributed by atoms with Crippen molar-refractivity contribution in [3.05, 3.63) is 77.6 Å². The number of carbonyl (C=O) groups excluding carboxylic acids is 2. The van der Waals surface area contributed by atoms with Gasteiger partial charge < -0.3 is 15.0 Å². The number of hydrogen-bond acceptors (Lipinski definition) is 6. The minimum atomic E-state index is -0.198. The molecule has 2 amide bonds. The molecule has 0 aliphatic heterocycles. The third-order valence-electron chi connectivity index (χ3n) is 7.12. The van der Waals surface area contributed by atoms with Gasteiger partial charge in [0.05, 0.1) is 18.7 Å². The number of rotatable bonds is 9. The number of ketones is 1. The molecule has 1 aliphatic rings. The molecule has 0 saturated heterocycles. The zero-order valence-corrected chi connectivity index (χ0v) is 23.3. The van der Waals surface area contributed by atoms with Crippen molar-refractivity contribution in [2.75, 3.05) is 19.0 Å². The lowest BCUT2D eigenvalue weighted by Crippen LogP contribution is -2.43. The highest BCUT2D eigenvalue weighted by molar-refractivity contribution is 6.32. The number of pyridine rings is 1. The van der Waals surface area contributed by atoms with Crippen LogP contribution in [0.5, 0.6) is 5.75 Å². The van der Waals surface area contributed by atoms with Crippen LogP contribution in [0, 0.1) is 0 Å². The fraction of sp³-hybridized carbons (Fsp3) is 0.300. The SMILES string of the molecule is COc1ccc(-c2nc(-c3ccncc3)nn2CCN(C(=O)Nc2cccc(C(C)=O)c2)C2CCCC2)cc1Cl. The molecule has 0 unspecified atom stereocenters. The van der Waals surface area contributed by atoms with Crippen LogP contribution in [-0.2, 0) is 6.54 Å². The average Bonchev–Trinajstić information content (AvgIpc) is 3.65. The lowest BCUT2D eigenvalue weighted by Gasteiger charge is -2.29. The van der Waals surface area contributed by atoms with E-state index in [9.17, 15) is 9.59 Å². The van der Waals surface area contributed by atoms with E-state index >= 15 is 0 Å². The summed E-state index contributed by atoms with van der Waals surface area (Å²) in [6.45, 7) is 2.37. The summed E-state index contributed by atoms with van der Waals surface area (Å²) in [6, 6.07) is 16.2. The maximum Gasteiger partial charge on any atom is 0.322 e. The van der Waals surface area contributed by atoms with Crippen LogP contribution in [0.25, 0.3) is 22.8 Å². The number of nitrogens with zero attached hydrogens (tertiary/aromatic N) is 5. The third kappa shape index (κ3) is 6.15. The number of urea groups is 1. The van der Waals surface area contributed by atoms with E-state index in [1.807, 2.05) is 27.8 Å². The van der Waals surface area contributed by atoms with Gasteiger partial charge in [-0.2, -0.15) is 5.10 Å². The van der Waals surface area contributed by atoms with Crippen LogP contribution in [0.4, 0.5) is 10.5 Å². The number of aromatic nitrogens is 4. The van der Waals surface area contributed by atoms with Crippen LogP contribution < -0.4 is 10.1 Å². The Morgan fingerprint density at radius 1 is 1.07 bits per heavy atom. The van der Waals surface area contributed by atoms with E-state index in [0.717, 1.165) is 36.8 Å². The van der Waals surface area contributed by atoms with Gasteiger partial charge in [0.1, 0.15) is 5.75 Å². The van der Waals surface area contributed by atoms with Crippen molar-refractivity contribution in [3.8, 4) is 28.5 Å². The summed E-state index contributed by atoms with van der Waals surface area (Å²) in [5.41, 5.74) is 2.77. The van der Waals surface area contributed by atoms with E-state index in [0.29, 0.717) is 46.8 Å². The van der Waals surface area contributed by atoms with E-state index in [1.165, 1.54) is 6.92 Å². The van der Waals surface area contributed by atoms with Crippen molar-refractivity contribution in [2.45, 2.75) is 45.2 Å². The first kappa shape index (κ1) is 27.3. The van der Waals surface area contributed by atoms with Crippen molar-refractivity contribution in [2.24, 2.45) is 0 Å². The molecule has 5 rings (SSSR count). The number of amides is 2. The average molecular weight is 559 g/mol. The number of Topliss-reactive ketones (excluding diaryl/α,β-unsaturated/α-hetero) is 1. The zero-order chi connectivity index (χ0) is 28.1. The highest BCUT2D eigenvalue weighted by Crippen LogP contribution is 2.31. The second-order valence-corrected chi connectivity index (χ2v) is 10.2. The Labute approximate surface area is 238 Å². The largest absolute Gasteiger partial charge is 0.495 e. The molecule has 1 saturated carbocycles. The topological polar surface area (TPSA) is 102 Å². The lowest BCUT2D eigenvalue weighted by atomic mass is 10.1. The minimum absolute atomic E-state index is 0.0499. The highest BCUT2D eigenvalue weighted by Gasteiger charge is 2.27. The molecule has 0 atom stereocenters. The Morgan fingerprint density at radius 2 is 1.85 bits per heavy atom. The van der Waals surface area contributed by atoms with Gasteiger partial charge in [-0.25, -0.2) is 14.5 Å². The Bertz CT molecular complexity index is 1500. The number of carbonyl (C=O) groups is 2. The van der Waals surface area contributed by atoms with Gasteiger partial charge in [0, 0.05) is 47.4 Å². The molecule has 206 valence electrons. The Balaban J connectivity index is 1.43. The normalized spacial score (nSPS) is 13.3. The van der Waals surface area contributed by atoms with Crippen LogP contribution in [0.3, 0.4) is 0 Å². The van der Waals surface area contributed by atoms with Crippen LogP contribution in [-0.4, -0.2) is 56.2 Å². The molecule has 0 spiro atoms. The summed E-state index contributed by atoms with van der Waals surface area (Å²) in [7, 11) is 1.57. The van der Waals surface area contributed by atoms with Crippen molar-refractivity contribution >= 4 is 29.1 Å². The van der Waals surface area contributed by atoms with Crippen LogP contribution in [0.2, 0.25) is 5.02 Å². The number of hydrogen-bond donors (Lipinski definition) is 1. The first-order valence-corrected chi connectivity index (χ1v) is 13.7. The molecule has 2 heterocycles. The molecule has 10 heteroatoms. The van der Waals surface area contributed by atoms with Crippen molar-refractivity contribution in [1.82, 2.24) is 24.6 Å². The molecule has 1 N–H and O–H groups in total. The van der Waals surface area contributed by atoms with Gasteiger partial charge in [0.25, 0.3) is 0 Å². The van der Waals surface area contributed by atoms with Crippen LogP contribution in [0.15, 0.2) is 67.0 Å². The molecule has 2 aromatic heterocycles. The van der Waals surface area contributed by atoms with Gasteiger partial charge in [-0.1, -0.05) is 36.6 Å². The van der Waals surface area contributed by atoms with Crippen molar-refractivity contribution < 1.29 is 14.3 Å². The molecule has 40 heavy (non-hydrogen) atoms. The summed E-state index contributed by atoms with van der Waals surface area (Å²) in [4.78, 5) is 36.2. The molecular formula is C30H31ClN6O3. The van der Waals surface area contributed by atoms with E-state index in [2.05, 4.69) is 10.3 Å².